The number of hydrogen-bond acceptors (Lipinski definition) is 6. The second-order valence-electron chi connectivity index (χ2n) is 6.16. The molecule has 0 aliphatic carbocycles. The molecule has 1 amide bonds. The number of aromatic hydroxyl groups is 1. The number of esters is 1. The van der Waals surface area contributed by atoms with Gasteiger partial charge in [0.05, 0.1) is 7.11 Å². The molecule has 1 aromatic carbocycles. The van der Waals surface area contributed by atoms with Crippen molar-refractivity contribution in [2.45, 2.75) is 12.8 Å². The largest absolute Gasteiger partial charge is 0.504 e. The van der Waals surface area contributed by atoms with Crippen molar-refractivity contribution in [2.24, 2.45) is 0 Å². The van der Waals surface area contributed by atoms with Gasteiger partial charge >= 0.3 is 5.97 Å². The first-order chi connectivity index (χ1) is 13.0. The third-order valence-electron chi connectivity index (χ3n) is 4.40. The van der Waals surface area contributed by atoms with Gasteiger partial charge in [-0.15, -0.1) is 0 Å². The monoisotopic (exact) mass is 372 g/mol. The molecule has 8 nitrogen and oxygen atoms in total. The summed E-state index contributed by atoms with van der Waals surface area (Å²) in [5, 5.41) is 9.95. The molecule has 2 aromatic rings. The van der Waals surface area contributed by atoms with Gasteiger partial charge in [0.1, 0.15) is 11.3 Å². The Kier molecular flexibility index (Phi) is 5.44. The molecule has 1 aliphatic heterocycles. The van der Waals surface area contributed by atoms with Gasteiger partial charge in [0.15, 0.2) is 18.1 Å². The molecule has 1 saturated heterocycles. The van der Waals surface area contributed by atoms with Crippen molar-refractivity contribution in [1.82, 2.24) is 9.88 Å². The molecule has 27 heavy (non-hydrogen) atoms. The van der Waals surface area contributed by atoms with E-state index in [9.17, 15) is 19.5 Å². The van der Waals surface area contributed by atoms with Gasteiger partial charge in [-0.25, -0.2) is 4.79 Å². The quantitative estimate of drug-likeness (QED) is 0.593. The first kappa shape index (κ1) is 18.5. The van der Waals surface area contributed by atoms with Crippen molar-refractivity contribution in [1.29, 1.82) is 0 Å². The minimum absolute atomic E-state index is 0.0962. The Morgan fingerprint density at radius 3 is 2.67 bits per heavy atom. The molecule has 1 aliphatic rings. The average molecular weight is 372 g/mol. The van der Waals surface area contributed by atoms with Crippen molar-refractivity contribution in [3.05, 3.63) is 47.3 Å². The molecule has 142 valence electrons. The summed E-state index contributed by atoms with van der Waals surface area (Å²) < 4.78 is 9.91. The van der Waals surface area contributed by atoms with Crippen LogP contribution in [-0.4, -0.2) is 59.5 Å². The molecule has 0 unspecified atom stereocenters. The van der Waals surface area contributed by atoms with Crippen LogP contribution >= 0.6 is 0 Å². The average Bonchev–Trinajstić information content (AvgIpc) is 3.37. The smallest absolute Gasteiger partial charge is 0.342 e. The Morgan fingerprint density at radius 2 is 1.96 bits per heavy atom. The zero-order valence-electron chi connectivity index (χ0n) is 14.9. The fourth-order valence-electron chi connectivity index (χ4n) is 2.91. The molecule has 1 fully saturated rings. The maximum Gasteiger partial charge on any atom is 0.342 e. The van der Waals surface area contributed by atoms with Crippen LogP contribution in [-0.2, 0) is 4.74 Å². The number of carbonyl (C=O) groups excluding carboxylic acids is 3. The number of likely N-dealkylation sites (tertiary alicyclic amines) is 1. The van der Waals surface area contributed by atoms with E-state index in [1.807, 2.05) is 0 Å². The predicted octanol–water partition coefficient (Wildman–Crippen LogP) is 2.00. The Labute approximate surface area is 155 Å². The standard InChI is InChI=1S/C19H20N2O6/c1-26-16-6-4-5-13(17(16)23)19(25)27-11-15(22)12-9-14(20-10-12)18(24)21-7-2-3-8-21/h4-6,9-10,20,23H,2-3,7-8,11H2,1H3. The van der Waals surface area contributed by atoms with Crippen LogP contribution in [0.5, 0.6) is 11.5 Å². The first-order valence-electron chi connectivity index (χ1n) is 8.55. The number of ether oxygens (including phenoxy) is 2. The summed E-state index contributed by atoms with van der Waals surface area (Å²) >= 11 is 0. The number of aromatic amines is 1. The summed E-state index contributed by atoms with van der Waals surface area (Å²) in [7, 11) is 1.36. The molecular formula is C19H20N2O6. The molecular weight excluding hydrogens is 352 g/mol. The van der Waals surface area contributed by atoms with Gasteiger partial charge in [0, 0.05) is 24.8 Å². The van der Waals surface area contributed by atoms with Crippen molar-refractivity contribution in [3.63, 3.8) is 0 Å². The lowest BCUT2D eigenvalue weighted by atomic mass is 10.2. The van der Waals surface area contributed by atoms with Crippen LogP contribution in [0.2, 0.25) is 0 Å². The fourth-order valence-corrected chi connectivity index (χ4v) is 2.91. The molecule has 2 N–H and O–H groups in total. The van der Waals surface area contributed by atoms with E-state index < -0.39 is 18.4 Å². The highest BCUT2D eigenvalue weighted by molar-refractivity contribution is 6.02. The number of aromatic nitrogens is 1. The highest BCUT2D eigenvalue weighted by Gasteiger charge is 2.22. The van der Waals surface area contributed by atoms with E-state index in [0.717, 1.165) is 12.8 Å². The summed E-state index contributed by atoms with van der Waals surface area (Å²) in [4.78, 5) is 41.2. The van der Waals surface area contributed by atoms with Gasteiger partial charge in [-0.05, 0) is 31.0 Å². The molecule has 0 saturated carbocycles. The Bertz CT molecular complexity index is 867. The van der Waals surface area contributed by atoms with Gasteiger partial charge < -0.3 is 24.5 Å². The Morgan fingerprint density at radius 1 is 1.22 bits per heavy atom. The SMILES string of the molecule is COc1cccc(C(=O)OCC(=O)c2c[nH]c(C(=O)N3CCCC3)c2)c1O. The number of H-pyrrole nitrogens is 1. The minimum Gasteiger partial charge on any atom is -0.504 e. The second-order valence-corrected chi connectivity index (χ2v) is 6.16. The number of carbonyl (C=O) groups is 3. The van der Waals surface area contributed by atoms with Crippen LogP contribution in [0.3, 0.4) is 0 Å². The number of phenols is 1. The Balaban J connectivity index is 1.61. The minimum atomic E-state index is -0.844. The van der Waals surface area contributed by atoms with E-state index in [0.29, 0.717) is 18.8 Å². The second kappa shape index (κ2) is 7.94. The van der Waals surface area contributed by atoms with Gasteiger partial charge in [0.2, 0.25) is 5.78 Å². The van der Waals surface area contributed by atoms with Gasteiger partial charge in [-0.2, -0.15) is 0 Å². The van der Waals surface area contributed by atoms with Crippen molar-refractivity contribution >= 4 is 17.7 Å². The van der Waals surface area contributed by atoms with Crippen LogP contribution in [0, 0.1) is 0 Å². The number of hydrogen-bond donors (Lipinski definition) is 2. The van der Waals surface area contributed by atoms with Crippen LogP contribution in [0.1, 0.15) is 44.0 Å². The van der Waals surface area contributed by atoms with E-state index in [2.05, 4.69) is 4.98 Å². The highest BCUT2D eigenvalue weighted by atomic mass is 16.5. The third kappa shape index (κ3) is 3.94. The van der Waals surface area contributed by atoms with Gasteiger partial charge in [-0.1, -0.05) is 6.07 Å². The number of ketones is 1. The molecule has 0 bridgehead atoms. The van der Waals surface area contributed by atoms with Crippen molar-refractivity contribution < 1.29 is 29.0 Å². The van der Waals surface area contributed by atoms with Crippen molar-refractivity contribution in [3.8, 4) is 11.5 Å². The first-order valence-corrected chi connectivity index (χ1v) is 8.55. The molecule has 0 radical (unpaired) electrons. The lowest BCUT2D eigenvalue weighted by molar-refractivity contribution is 0.0471. The summed E-state index contributed by atoms with van der Waals surface area (Å²) in [5.74, 6) is -1.67. The summed E-state index contributed by atoms with van der Waals surface area (Å²) in [6, 6.07) is 5.85. The van der Waals surface area contributed by atoms with Crippen LogP contribution in [0.25, 0.3) is 0 Å². The summed E-state index contributed by atoms with van der Waals surface area (Å²) in [6.07, 6.45) is 3.37. The van der Waals surface area contributed by atoms with Crippen LogP contribution < -0.4 is 4.74 Å². The Hall–Kier alpha value is -3.29. The number of benzene rings is 1. The van der Waals surface area contributed by atoms with E-state index in [-0.39, 0.29) is 28.5 Å². The number of para-hydroxylation sites is 1. The van der Waals surface area contributed by atoms with Crippen LogP contribution in [0.4, 0.5) is 0 Å². The molecule has 8 heteroatoms. The normalized spacial score (nSPS) is 13.4. The fraction of sp³-hybridized carbons (Fsp3) is 0.316. The molecule has 0 atom stereocenters. The predicted molar refractivity (Wildman–Crippen MR) is 95.2 cm³/mol. The summed E-state index contributed by atoms with van der Waals surface area (Å²) in [5.41, 5.74) is 0.485. The molecule has 0 spiro atoms. The third-order valence-corrected chi connectivity index (χ3v) is 4.40. The maximum atomic E-state index is 12.3. The number of Topliss-reactive ketones (excluding diaryl/α,β-unsaturated/α-hetero) is 1. The van der Waals surface area contributed by atoms with Gasteiger partial charge in [0.25, 0.3) is 5.91 Å². The number of rotatable bonds is 6. The van der Waals surface area contributed by atoms with E-state index in [1.54, 1.807) is 4.90 Å². The maximum absolute atomic E-state index is 12.3. The zero-order valence-corrected chi connectivity index (χ0v) is 14.9. The summed E-state index contributed by atoms with van der Waals surface area (Å²) in [6.45, 7) is 0.913. The lowest BCUT2D eigenvalue weighted by Crippen LogP contribution is -2.27. The van der Waals surface area contributed by atoms with Crippen LogP contribution in [0.15, 0.2) is 30.5 Å². The number of nitrogens with zero attached hydrogens (tertiary/aromatic N) is 1. The van der Waals surface area contributed by atoms with Gasteiger partial charge in [-0.3, -0.25) is 9.59 Å². The van der Waals surface area contributed by atoms with E-state index >= 15 is 0 Å². The lowest BCUT2D eigenvalue weighted by Gasteiger charge is -2.13. The number of amides is 1. The highest BCUT2D eigenvalue weighted by Crippen LogP contribution is 2.29. The molecule has 1 aromatic heterocycles. The topological polar surface area (TPSA) is 109 Å². The number of phenolic OH excluding ortho intramolecular Hbond substituents is 1. The molecule has 3 rings (SSSR count). The van der Waals surface area contributed by atoms with Crippen molar-refractivity contribution in [2.75, 3.05) is 26.8 Å². The number of methoxy groups -OCH3 is 1. The number of nitrogens with one attached hydrogen (secondary N) is 1. The zero-order chi connectivity index (χ0) is 19.4. The molecule has 2 heterocycles. The van der Waals surface area contributed by atoms with E-state index in [4.69, 9.17) is 9.47 Å². The van der Waals surface area contributed by atoms with E-state index in [1.165, 1.54) is 37.6 Å².